The maximum absolute atomic E-state index is 13.4. The molecule has 5 heteroatoms. The van der Waals surface area contributed by atoms with Gasteiger partial charge in [0.1, 0.15) is 0 Å². The molecule has 0 radical (unpaired) electrons. The lowest BCUT2D eigenvalue weighted by molar-refractivity contribution is -0.129. The second-order valence-corrected chi connectivity index (χ2v) is 9.08. The van der Waals surface area contributed by atoms with Gasteiger partial charge in [0.2, 0.25) is 0 Å². The smallest absolute Gasteiger partial charge is 0.262 e. The molecule has 146 valence electrons. The van der Waals surface area contributed by atoms with Crippen LogP contribution in [0.15, 0.2) is 59.5 Å². The van der Waals surface area contributed by atoms with Gasteiger partial charge in [-0.25, -0.2) is 0 Å². The number of carbonyl (C=O) groups is 1. The van der Waals surface area contributed by atoms with E-state index in [1.807, 2.05) is 60.7 Å². The van der Waals surface area contributed by atoms with E-state index in [1.165, 1.54) is 19.3 Å². The fraction of sp³-hybridized carbons (Fsp3) is 0.348. The van der Waals surface area contributed by atoms with Crippen LogP contribution in [0.1, 0.15) is 38.2 Å². The van der Waals surface area contributed by atoms with Gasteiger partial charge in [0.15, 0.2) is 5.50 Å². The Balaban J connectivity index is 1.66. The highest BCUT2D eigenvalue weighted by atomic mass is 35.5. The highest BCUT2D eigenvalue weighted by Crippen LogP contribution is 2.42. The normalized spacial score (nSPS) is 26.6. The van der Waals surface area contributed by atoms with E-state index >= 15 is 0 Å². The Morgan fingerprint density at radius 2 is 1.79 bits per heavy atom. The average molecular weight is 413 g/mol. The van der Waals surface area contributed by atoms with Crippen LogP contribution in [0.25, 0.3) is 6.08 Å². The lowest BCUT2D eigenvalue weighted by atomic mass is 9.85. The van der Waals surface area contributed by atoms with Crippen molar-refractivity contribution in [2.24, 2.45) is 5.92 Å². The molecule has 3 nitrogen and oxygen atoms in total. The summed E-state index contributed by atoms with van der Waals surface area (Å²) in [5.74, 6) is 0.620. The van der Waals surface area contributed by atoms with E-state index in [0.29, 0.717) is 10.9 Å². The molecular formula is C23H25ClN2OS. The van der Waals surface area contributed by atoms with Gasteiger partial charge in [-0.3, -0.25) is 4.79 Å². The van der Waals surface area contributed by atoms with Crippen LogP contribution >= 0.6 is 23.4 Å². The Hall–Kier alpha value is -1.91. The van der Waals surface area contributed by atoms with Crippen LogP contribution in [0.3, 0.4) is 0 Å². The van der Waals surface area contributed by atoms with E-state index in [4.69, 9.17) is 11.6 Å². The average Bonchev–Trinajstić information content (AvgIpc) is 3.00. The number of para-hydroxylation sites is 1. The summed E-state index contributed by atoms with van der Waals surface area (Å²) in [4.78, 5) is 16.2. The highest BCUT2D eigenvalue weighted by Gasteiger charge is 2.42. The monoisotopic (exact) mass is 412 g/mol. The Labute approximate surface area is 176 Å². The molecule has 2 aromatic rings. The van der Waals surface area contributed by atoms with E-state index < -0.39 is 0 Å². The van der Waals surface area contributed by atoms with Gasteiger partial charge in [-0.15, -0.1) is 0 Å². The molecule has 2 aromatic carbocycles. The third-order valence-corrected chi connectivity index (χ3v) is 7.07. The van der Waals surface area contributed by atoms with Crippen molar-refractivity contribution in [2.45, 2.75) is 44.1 Å². The molecule has 1 aliphatic carbocycles. The van der Waals surface area contributed by atoms with Crippen LogP contribution in [0, 0.1) is 5.92 Å². The molecule has 3 atom stereocenters. The number of carbonyl (C=O) groups excluding carboxylic acids is 1. The number of hydrogen-bond donors (Lipinski definition) is 1. The number of halogens is 1. The van der Waals surface area contributed by atoms with Crippen molar-refractivity contribution in [1.82, 2.24) is 4.90 Å². The van der Waals surface area contributed by atoms with Gasteiger partial charge in [0.25, 0.3) is 5.91 Å². The van der Waals surface area contributed by atoms with Gasteiger partial charge in [0.05, 0.1) is 4.91 Å². The zero-order valence-corrected chi connectivity index (χ0v) is 17.5. The minimum Gasteiger partial charge on any atom is -0.356 e. The SMILES string of the molecule is C[C@@H]1CCCC[C@H]1N1C(=O)/C(=C/c2ccccc2Cl)SC1Nc1ccccc1. The molecule has 1 heterocycles. The summed E-state index contributed by atoms with van der Waals surface area (Å²) in [5, 5.41) is 4.23. The highest BCUT2D eigenvalue weighted by molar-refractivity contribution is 8.05. The Morgan fingerprint density at radius 1 is 1.07 bits per heavy atom. The van der Waals surface area contributed by atoms with Crippen molar-refractivity contribution >= 4 is 41.0 Å². The number of nitrogens with one attached hydrogen (secondary N) is 1. The van der Waals surface area contributed by atoms with Crippen LogP contribution in [0.2, 0.25) is 5.02 Å². The summed E-state index contributed by atoms with van der Waals surface area (Å²) in [6, 6.07) is 18.1. The minimum atomic E-state index is -0.103. The van der Waals surface area contributed by atoms with E-state index in [1.54, 1.807) is 11.8 Å². The van der Waals surface area contributed by atoms with Gasteiger partial charge in [-0.1, -0.05) is 79.5 Å². The fourth-order valence-corrected chi connectivity index (χ4v) is 5.49. The van der Waals surface area contributed by atoms with Crippen molar-refractivity contribution < 1.29 is 4.79 Å². The predicted octanol–water partition coefficient (Wildman–Crippen LogP) is 6.23. The second kappa shape index (κ2) is 8.62. The molecule has 28 heavy (non-hydrogen) atoms. The molecule has 2 aliphatic rings. The first-order valence-electron chi connectivity index (χ1n) is 9.90. The molecule has 1 unspecified atom stereocenters. The maximum Gasteiger partial charge on any atom is 0.262 e. The molecule has 1 saturated carbocycles. The van der Waals surface area contributed by atoms with Crippen LogP contribution in [0.4, 0.5) is 5.69 Å². The van der Waals surface area contributed by atoms with E-state index in [9.17, 15) is 4.79 Å². The summed E-state index contributed by atoms with van der Waals surface area (Å²) < 4.78 is 0. The van der Waals surface area contributed by atoms with E-state index in [2.05, 4.69) is 17.1 Å². The number of anilines is 1. The van der Waals surface area contributed by atoms with Gasteiger partial charge in [-0.05, 0) is 48.6 Å². The number of thioether (sulfide) groups is 1. The number of nitrogens with zero attached hydrogens (tertiary/aromatic N) is 1. The molecule has 2 fully saturated rings. The molecule has 1 saturated heterocycles. The van der Waals surface area contributed by atoms with Crippen LogP contribution in [0.5, 0.6) is 0 Å². The Kier molecular flexibility index (Phi) is 5.98. The maximum atomic E-state index is 13.4. The van der Waals surface area contributed by atoms with Crippen molar-refractivity contribution in [3.8, 4) is 0 Å². The summed E-state index contributed by atoms with van der Waals surface area (Å²) in [6.45, 7) is 2.27. The quantitative estimate of drug-likeness (QED) is 0.604. The molecule has 0 bridgehead atoms. The number of hydrogen-bond acceptors (Lipinski definition) is 3. The molecule has 0 spiro atoms. The third-order valence-electron chi connectivity index (χ3n) is 5.62. The Bertz CT molecular complexity index is 870. The van der Waals surface area contributed by atoms with E-state index in [0.717, 1.165) is 22.6 Å². The predicted molar refractivity (Wildman–Crippen MR) is 119 cm³/mol. The summed E-state index contributed by atoms with van der Waals surface area (Å²) >= 11 is 7.92. The topological polar surface area (TPSA) is 32.3 Å². The number of amides is 1. The first-order chi connectivity index (χ1) is 13.6. The molecule has 0 aromatic heterocycles. The molecule has 1 aliphatic heterocycles. The van der Waals surface area contributed by atoms with Crippen molar-refractivity contribution in [1.29, 1.82) is 0 Å². The van der Waals surface area contributed by atoms with Gasteiger partial charge < -0.3 is 10.2 Å². The largest absolute Gasteiger partial charge is 0.356 e. The zero-order valence-electron chi connectivity index (χ0n) is 16.0. The first kappa shape index (κ1) is 19.4. The Morgan fingerprint density at radius 3 is 2.54 bits per heavy atom. The van der Waals surface area contributed by atoms with Gasteiger partial charge >= 0.3 is 0 Å². The van der Waals surface area contributed by atoms with Crippen LogP contribution in [-0.2, 0) is 4.79 Å². The summed E-state index contributed by atoms with van der Waals surface area (Å²) in [6.07, 6.45) is 6.63. The lowest BCUT2D eigenvalue weighted by Gasteiger charge is -2.39. The lowest BCUT2D eigenvalue weighted by Crippen LogP contribution is -2.48. The molecule has 4 rings (SSSR count). The first-order valence-corrected chi connectivity index (χ1v) is 11.2. The van der Waals surface area contributed by atoms with Gasteiger partial charge in [0, 0.05) is 16.8 Å². The molecule has 1 N–H and O–H groups in total. The standard InChI is InChI=1S/C23H25ClN2OS/c1-16-9-5-8-14-20(16)26-22(27)21(15-17-10-6-7-13-19(17)24)28-23(26)25-18-11-3-2-4-12-18/h2-4,6-7,10-13,15-16,20,23,25H,5,8-9,14H2,1H3/b21-15-/t16-,20-,23?/m1/s1. The third kappa shape index (κ3) is 4.08. The second-order valence-electron chi connectivity index (χ2n) is 7.55. The zero-order chi connectivity index (χ0) is 19.5. The fourth-order valence-electron chi connectivity index (χ4n) is 4.10. The van der Waals surface area contributed by atoms with Crippen LogP contribution in [-0.4, -0.2) is 22.3 Å². The van der Waals surface area contributed by atoms with Crippen molar-refractivity contribution in [2.75, 3.05) is 5.32 Å². The van der Waals surface area contributed by atoms with Crippen molar-refractivity contribution in [3.05, 3.63) is 70.1 Å². The minimum absolute atomic E-state index is 0.103. The van der Waals surface area contributed by atoms with Crippen molar-refractivity contribution in [3.63, 3.8) is 0 Å². The number of rotatable bonds is 4. The van der Waals surface area contributed by atoms with E-state index in [-0.39, 0.29) is 17.4 Å². The summed E-state index contributed by atoms with van der Waals surface area (Å²) in [7, 11) is 0. The van der Waals surface area contributed by atoms with Gasteiger partial charge in [-0.2, -0.15) is 0 Å². The van der Waals surface area contributed by atoms with Crippen LogP contribution < -0.4 is 5.32 Å². The molecular weight excluding hydrogens is 388 g/mol. The number of benzene rings is 2. The molecule has 1 amide bonds. The summed E-state index contributed by atoms with van der Waals surface area (Å²) in [5.41, 5.74) is 1.81.